The summed E-state index contributed by atoms with van der Waals surface area (Å²) in [6, 6.07) is 7.35. The minimum Gasteiger partial charge on any atom is -0.356 e. The second-order valence-corrected chi connectivity index (χ2v) is 7.78. The molecule has 162 valence electrons. The van der Waals surface area contributed by atoms with Crippen molar-refractivity contribution in [3.8, 4) is 11.3 Å². The van der Waals surface area contributed by atoms with Gasteiger partial charge in [-0.3, -0.25) is 9.78 Å². The number of piperidine rings is 1. The maximum Gasteiger partial charge on any atom is 0.405 e. The number of nitrogens with one attached hydrogen (secondary N) is 1. The quantitative estimate of drug-likeness (QED) is 0.603. The van der Waals surface area contributed by atoms with Crippen molar-refractivity contribution in [1.29, 1.82) is 0 Å². The Kier molecular flexibility index (Phi) is 5.95. The lowest BCUT2D eigenvalue weighted by Crippen LogP contribution is -2.43. The van der Waals surface area contributed by atoms with Gasteiger partial charge in [-0.05, 0) is 37.1 Å². The van der Waals surface area contributed by atoms with Gasteiger partial charge in [0.1, 0.15) is 17.5 Å². The van der Waals surface area contributed by atoms with Crippen LogP contribution in [0.4, 0.5) is 19.0 Å². The number of anilines is 1. The highest BCUT2D eigenvalue weighted by Gasteiger charge is 2.31. The molecule has 4 rings (SSSR count). The number of aromatic nitrogens is 3. The Hall–Kier alpha value is -2.94. The van der Waals surface area contributed by atoms with E-state index in [0.717, 1.165) is 22.2 Å². The standard InChI is InChI=1S/C21H19ClF3N5O/c22-18-10-14(1-6-27-18)17-9-15-11-26-5-2-16(15)19(29-17)30-7-3-13(4-8-30)20(31)28-12-21(23,24)25/h1-2,5-6,9-11,13H,3-4,7-8,12H2,(H,28,31). The predicted molar refractivity (Wildman–Crippen MR) is 112 cm³/mol. The molecule has 3 aromatic heterocycles. The largest absolute Gasteiger partial charge is 0.405 e. The molecule has 31 heavy (non-hydrogen) atoms. The molecule has 1 fully saturated rings. The molecule has 1 N–H and O–H groups in total. The fourth-order valence-electron chi connectivity index (χ4n) is 3.72. The predicted octanol–water partition coefficient (Wildman–Crippen LogP) is 4.24. The maximum atomic E-state index is 12.4. The summed E-state index contributed by atoms with van der Waals surface area (Å²) in [7, 11) is 0. The highest BCUT2D eigenvalue weighted by Crippen LogP contribution is 2.32. The lowest BCUT2D eigenvalue weighted by Gasteiger charge is -2.33. The Morgan fingerprint density at radius 2 is 1.97 bits per heavy atom. The van der Waals surface area contributed by atoms with Crippen LogP contribution >= 0.6 is 11.6 Å². The van der Waals surface area contributed by atoms with Crippen LogP contribution in [0.2, 0.25) is 5.15 Å². The molecule has 0 radical (unpaired) electrons. The van der Waals surface area contributed by atoms with Crippen LogP contribution in [0.3, 0.4) is 0 Å². The minimum atomic E-state index is -4.41. The van der Waals surface area contributed by atoms with Crippen LogP contribution in [0, 0.1) is 5.92 Å². The van der Waals surface area contributed by atoms with E-state index in [4.69, 9.17) is 16.6 Å². The minimum absolute atomic E-state index is 0.359. The van der Waals surface area contributed by atoms with Crippen molar-refractivity contribution in [3.05, 3.63) is 48.0 Å². The molecule has 1 saturated heterocycles. The second-order valence-electron chi connectivity index (χ2n) is 7.39. The maximum absolute atomic E-state index is 12.4. The van der Waals surface area contributed by atoms with Gasteiger partial charge in [0.15, 0.2) is 0 Å². The zero-order valence-corrected chi connectivity index (χ0v) is 17.1. The molecule has 10 heteroatoms. The summed E-state index contributed by atoms with van der Waals surface area (Å²) in [6.45, 7) is -0.286. The fraction of sp³-hybridized carbons (Fsp3) is 0.333. The Bertz CT molecular complexity index is 1100. The zero-order valence-electron chi connectivity index (χ0n) is 16.4. The topological polar surface area (TPSA) is 71.0 Å². The van der Waals surface area contributed by atoms with Crippen LogP contribution in [-0.2, 0) is 4.79 Å². The fourth-order valence-corrected chi connectivity index (χ4v) is 3.89. The number of rotatable bonds is 4. The van der Waals surface area contributed by atoms with Crippen molar-refractivity contribution >= 4 is 34.1 Å². The third-order valence-electron chi connectivity index (χ3n) is 5.26. The number of alkyl halides is 3. The third-order valence-corrected chi connectivity index (χ3v) is 5.47. The number of fused-ring (bicyclic) bond motifs is 1. The van der Waals surface area contributed by atoms with Crippen molar-refractivity contribution in [1.82, 2.24) is 20.3 Å². The Morgan fingerprint density at radius 3 is 2.68 bits per heavy atom. The zero-order chi connectivity index (χ0) is 22.0. The molecule has 1 aliphatic heterocycles. The molecule has 6 nitrogen and oxygen atoms in total. The molecular weight excluding hydrogens is 431 g/mol. The number of carbonyl (C=O) groups is 1. The first-order chi connectivity index (χ1) is 14.8. The summed E-state index contributed by atoms with van der Waals surface area (Å²) in [5.41, 5.74) is 1.53. The molecule has 0 aromatic carbocycles. The first-order valence-corrected chi connectivity index (χ1v) is 10.1. The van der Waals surface area contributed by atoms with Crippen LogP contribution in [0.25, 0.3) is 22.0 Å². The molecule has 4 heterocycles. The second kappa shape index (κ2) is 8.66. The third kappa shape index (κ3) is 5.04. The average molecular weight is 450 g/mol. The smallest absolute Gasteiger partial charge is 0.356 e. The van der Waals surface area contributed by atoms with Crippen molar-refractivity contribution in [2.24, 2.45) is 5.92 Å². The summed E-state index contributed by atoms with van der Waals surface area (Å²) in [5, 5.41) is 4.17. The van der Waals surface area contributed by atoms with Crippen molar-refractivity contribution in [2.45, 2.75) is 19.0 Å². The molecule has 0 aliphatic carbocycles. The number of hydrogen-bond donors (Lipinski definition) is 1. The van der Waals surface area contributed by atoms with E-state index >= 15 is 0 Å². The van der Waals surface area contributed by atoms with E-state index in [1.54, 1.807) is 24.7 Å². The van der Waals surface area contributed by atoms with Crippen molar-refractivity contribution < 1.29 is 18.0 Å². The highest BCUT2D eigenvalue weighted by atomic mass is 35.5. The number of hydrogen-bond acceptors (Lipinski definition) is 5. The summed E-state index contributed by atoms with van der Waals surface area (Å²) in [5.74, 6) is -0.259. The molecule has 0 bridgehead atoms. The highest BCUT2D eigenvalue weighted by molar-refractivity contribution is 6.29. The van der Waals surface area contributed by atoms with Gasteiger partial charge in [0, 0.05) is 53.9 Å². The number of carbonyl (C=O) groups excluding carboxylic acids is 1. The number of pyridine rings is 3. The molecule has 0 spiro atoms. The van der Waals surface area contributed by atoms with Gasteiger partial charge in [0.25, 0.3) is 0 Å². The van der Waals surface area contributed by atoms with Crippen LogP contribution < -0.4 is 10.2 Å². The van der Waals surface area contributed by atoms with Gasteiger partial charge < -0.3 is 10.2 Å². The van der Waals surface area contributed by atoms with E-state index in [-0.39, 0.29) is 0 Å². The van der Waals surface area contributed by atoms with E-state index < -0.39 is 24.5 Å². The molecule has 0 saturated carbocycles. The number of halogens is 4. The molecule has 1 amide bonds. The van der Waals surface area contributed by atoms with Crippen LogP contribution in [0.1, 0.15) is 12.8 Å². The van der Waals surface area contributed by atoms with Crippen LogP contribution in [0.15, 0.2) is 42.9 Å². The number of amides is 1. The van der Waals surface area contributed by atoms with Gasteiger partial charge in [-0.2, -0.15) is 13.2 Å². The first kappa shape index (κ1) is 21.3. The summed E-state index contributed by atoms with van der Waals surface area (Å²) in [6.07, 6.45) is 1.53. The number of nitrogens with zero attached hydrogens (tertiary/aromatic N) is 4. The Balaban J connectivity index is 1.56. The lowest BCUT2D eigenvalue weighted by molar-refractivity contribution is -0.141. The molecular formula is C21H19ClF3N5O. The van der Waals surface area contributed by atoms with Gasteiger partial charge in [-0.15, -0.1) is 0 Å². The van der Waals surface area contributed by atoms with E-state index in [1.807, 2.05) is 23.5 Å². The summed E-state index contributed by atoms with van der Waals surface area (Å²) < 4.78 is 37.1. The van der Waals surface area contributed by atoms with Gasteiger partial charge in [0.05, 0.1) is 5.69 Å². The van der Waals surface area contributed by atoms with Gasteiger partial charge >= 0.3 is 6.18 Å². The van der Waals surface area contributed by atoms with Crippen LogP contribution in [0.5, 0.6) is 0 Å². The Labute approximate surface area is 181 Å². The monoisotopic (exact) mass is 449 g/mol. The van der Waals surface area contributed by atoms with Gasteiger partial charge in [-0.25, -0.2) is 9.97 Å². The first-order valence-electron chi connectivity index (χ1n) is 9.76. The normalized spacial score (nSPS) is 15.3. The molecule has 3 aromatic rings. The van der Waals surface area contributed by atoms with E-state index in [2.05, 4.69) is 14.9 Å². The SMILES string of the molecule is O=C(NCC(F)(F)F)C1CCN(c2nc(-c3ccnc(Cl)c3)cc3cnccc23)CC1. The van der Waals surface area contributed by atoms with Crippen molar-refractivity contribution in [3.63, 3.8) is 0 Å². The van der Waals surface area contributed by atoms with E-state index in [9.17, 15) is 18.0 Å². The Morgan fingerprint density at radius 1 is 1.19 bits per heavy atom. The van der Waals surface area contributed by atoms with Gasteiger partial charge in [0.2, 0.25) is 5.91 Å². The molecule has 0 atom stereocenters. The molecule has 1 aliphatic rings. The van der Waals surface area contributed by atoms with E-state index in [1.165, 1.54) is 0 Å². The van der Waals surface area contributed by atoms with Gasteiger partial charge in [-0.1, -0.05) is 11.6 Å². The summed E-state index contributed by atoms with van der Waals surface area (Å²) >= 11 is 6.03. The van der Waals surface area contributed by atoms with Crippen molar-refractivity contribution in [2.75, 3.05) is 24.5 Å². The molecule has 0 unspecified atom stereocenters. The average Bonchev–Trinajstić information content (AvgIpc) is 2.76. The lowest BCUT2D eigenvalue weighted by atomic mass is 9.95. The van der Waals surface area contributed by atoms with E-state index in [0.29, 0.717) is 36.8 Å². The van der Waals surface area contributed by atoms with Crippen LogP contribution in [-0.4, -0.2) is 46.7 Å². The summed E-state index contributed by atoms with van der Waals surface area (Å²) in [4.78, 5) is 27.2.